The van der Waals surface area contributed by atoms with Crippen molar-refractivity contribution in [2.24, 2.45) is 0 Å². The molecule has 1 aliphatic heterocycles. The van der Waals surface area contributed by atoms with Crippen molar-refractivity contribution in [1.82, 2.24) is 15.5 Å². The van der Waals surface area contributed by atoms with Gasteiger partial charge in [0.1, 0.15) is 5.82 Å². The molecule has 9 heteroatoms. The molecule has 2 amide bonds. The molecule has 0 atom stereocenters. The van der Waals surface area contributed by atoms with Crippen LogP contribution >= 0.6 is 11.6 Å². The van der Waals surface area contributed by atoms with Crippen molar-refractivity contribution in [2.75, 3.05) is 31.5 Å². The number of carbonyl (C=O) groups excluding carboxylic acids is 3. The molecule has 0 unspecified atom stereocenters. The van der Waals surface area contributed by atoms with E-state index in [1.807, 2.05) is 11.0 Å². The lowest BCUT2D eigenvalue weighted by atomic mass is 10.0. The molecule has 4 aromatic rings. The van der Waals surface area contributed by atoms with E-state index in [9.17, 15) is 14.4 Å². The maximum Gasteiger partial charge on any atom is 0.272 e. The lowest BCUT2D eigenvalue weighted by Gasteiger charge is -2.35. The number of hydrogen-bond acceptors (Lipinski definition) is 5. The number of amides is 2. The predicted molar refractivity (Wildman–Crippen MR) is 156 cm³/mol. The first-order valence-electron chi connectivity index (χ1n) is 13.1. The zero-order valence-electron chi connectivity index (χ0n) is 22.1. The van der Waals surface area contributed by atoms with Gasteiger partial charge in [-0.15, -0.1) is 0 Å². The lowest BCUT2D eigenvalue weighted by Crippen LogP contribution is -2.48. The van der Waals surface area contributed by atoms with Gasteiger partial charge in [-0.3, -0.25) is 25.0 Å². The van der Waals surface area contributed by atoms with Crippen molar-refractivity contribution in [1.29, 1.82) is 0 Å². The van der Waals surface area contributed by atoms with Crippen LogP contribution in [0.5, 0.6) is 0 Å². The number of hydrogen-bond donors (Lipinski definition) is 1. The molecule has 207 valence electrons. The van der Waals surface area contributed by atoms with Crippen LogP contribution in [-0.2, 0) is 6.54 Å². The topological polar surface area (TPSA) is 93.5 Å². The summed E-state index contributed by atoms with van der Waals surface area (Å²) in [5.74, 6) is -2.15. The first-order chi connectivity index (χ1) is 19.8. The van der Waals surface area contributed by atoms with Gasteiger partial charge in [-0.2, -0.15) is 0 Å². The van der Waals surface area contributed by atoms with Crippen LogP contribution in [0.15, 0.2) is 91.0 Å². The van der Waals surface area contributed by atoms with Gasteiger partial charge in [0.05, 0.1) is 5.56 Å². The van der Waals surface area contributed by atoms with E-state index in [4.69, 9.17) is 17.3 Å². The summed E-state index contributed by atoms with van der Waals surface area (Å²) in [5.41, 5.74) is 10.0. The first kappa shape index (κ1) is 28.0. The van der Waals surface area contributed by atoms with Crippen molar-refractivity contribution < 1.29 is 18.8 Å². The van der Waals surface area contributed by atoms with Crippen molar-refractivity contribution in [3.8, 4) is 0 Å². The minimum absolute atomic E-state index is 0.150. The number of nitrogens with one attached hydrogen (secondary N) is 2. The number of halogens is 2. The molecular formula is C32H27ClFN4O3. The van der Waals surface area contributed by atoms with E-state index < -0.39 is 11.7 Å². The Labute approximate surface area is 242 Å². The number of benzene rings is 4. The van der Waals surface area contributed by atoms with Crippen LogP contribution in [0.4, 0.5) is 15.8 Å². The summed E-state index contributed by atoms with van der Waals surface area (Å²) in [6, 6.07) is 25.5. The van der Waals surface area contributed by atoms with Crippen molar-refractivity contribution in [3.05, 3.63) is 130 Å². The average Bonchev–Trinajstić information content (AvgIpc) is 3.00. The molecule has 1 aliphatic rings. The van der Waals surface area contributed by atoms with Gasteiger partial charge in [0, 0.05) is 71.4 Å². The van der Waals surface area contributed by atoms with Crippen LogP contribution in [0.2, 0.25) is 5.02 Å². The normalized spacial score (nSPS) is 13.6. The van der Waals surface area contributed by atoms with E-state index >= 15 is 4.39 Å². The number of anilines is 2. The van der Waals surface area contributed by atoms with E-state index in [0.29, 0.717) is 59.3 Å². The van der Waals surface area contributed by atoms with E-state index in [2.05, 4.69) is 5.32 Å². The zero-order valence-corrected chi connectivity index (χ0v) is 22.8. The second-order valence-corrected chi connectivity index (χ2v) is 10.2. The summed E-state index contributed by atoms with van der Waals surface area (Å²) in [4.78, 5) is 41.6. The quantitative estimate of drug-likeness (QED) is 0.269. The second-order valence-electron chi connectivity index (χ2n) is 9.76. The molecule has 0 aromatic heterocycles. The Hall–Kier alpha value is -4.53. The Balaban J connectivity index is 1.28. The molecule has 7 nitrogen and oxygen atoms in total. The predicted octanol–water partition coefficient (Wildman–Crippen LogP) is 5.83. The Morgan fingerprint density at radius 2 is 1.46 bits per heavy atom. The smallest absolute Gasteiger partial charge is 0.272 e. The third kappa shape index (κ3) is 6.45. The van der Waals surface area contributed by atoms with Gasteiger partial charge in [-0.05, 0) is 48.5 Å². The number of nitrogens with zero attached hydrogens (tertiary/aromatic N) is 2. The lowest BCUT2D eigenvalue weighted by molar-refractivity contribution is 0.0626. The molecule has 4 aromatic carbocycles. The van der Waals surface area contributed by atoms with Crippen LogP contribution in [0.1, 0.15) is 42.2 Å². The second kappa shape index (κ2) is 12.3. The van der Waals surface area contributed by atoms with Gasteiger partial charge in [-0.25, -0.2) is 4.39 Å². The van der Waals surface area contributed by atoms with Crippen molar-refractivity contribution in [2.45, 2.75) is 6.54 Å². The van der Waals surface area contributed by atoms with E-state index in [1.165, 1.54) is 6.07 Å². The van der Waals surface area contributed by atoms with Crippen LogP contribution in [0.25, 0.3) is 0 Å². The molecule has 0 spiro atoms. The highest BCUT2D eigenvalue weighted by molar-refractivity contribution is 6.30. The summed E-state index contributed by atoms with van der Waals surface area (Å²) >= 11 is 5.98. The highest BCUT2D eigenvalue weighted by Crippen LogP contribution is 2.28. The molecule has 5 rings (SSSR count). The largest absolute Gasteiger partial charge is 0.355 e. The standard InChI is InChI=1S/C32H27ClFN4O3/c33-24-9-11-25(12-10-24)36-28-14-13-26(31(35)40)29(34)27(28)20-37-15-17-38(18-16-37)32(41)23-8-4-7-22(19-23)30(39)21-5-2-1-3-6-21/h1-14,19,35-36H,15-18,20H2. The third-order valence-electron chi connectivity index (χ3n) is 7.06. The maximum atomic E-state index is 15.4. The van der Waals surface area contributed by atoms with Gasteiger partial charge in [0.2, 0.25) is 0 Å². The molecular weight excluding hydrogens is 543 g/mol. The van der Waals surface area contributed by atoms with Crippen molar-refractivity contribution in [3.63, 3.8) is 0 Å². The number of rotatable bonds is 8. The Morgan fingerprint density at radius 1 is 0.805 bits per heavy atom. The SMILES string of the molecule is [NH]C(=O)c1ccc(Nc2ccc(Cl)cc2)c(CN2CCN(C(=O)c3cccc(C(=O)c4ccccc4)c3)CC2)c1F. The molecule has 0 bridgehead atoms. The van der Waals surface area contributed by atoms with E-state index in [-0.39, 0.29) is 29.4 Å². The Bertz CT molecular complexity index is 1590. The first-order valence-corrected chi connectivity index (χ1v) is 13.5. The van der Waals surface area contributed by atoms with E-state index in [0.717, 1.165) is 0 Å². The monoisotopic (exact) mass is 569 g/mol. The summed E-state index contributed by atoms with van der Waals surface area (Å²) in [7, 11) is 0. The van der Waals surface area contributed by atoms with E-state index in [1.54, 1.807) is 83.8 Å². The Morgan fingerprint density at radius 3 is 2.15 bits per heavy atom. The van der Waals surface area contributed by atoms with Gasteiger partial charge in [0.25, 0.3) is 11.8 Å². The zero-order chi connectivity index (χ0) is 28.9. The summed E-state index contributed by atoms with van der Waals surface area (Å²) in [6.45, 7) is 1.97. The fraction of sp³-hybridized carbons (Fsp3) is 0.156. The van der Waals surface area contributed by atoms with Gasteiger partial charge >= 0.3 is 0 Å². The number of ketones is 1. The van der Waals surface area contributed by atoms with Crippen molar-refractivity contribution >= 4 is 40.6 Å². The molecule has 1 fully saturated rings. The van der Waals surface area contributed by atoms with Gasteiger partial charge in [0.15, 0.2) is 5.78 Å². The van der Waals surface area contributed by atoms with Gasteiger partial charge < -0.3 is 10.2 Å². The molecule has 1 saturated heterocycles. The highest BCUT2D eigenvalue weighted by atomic mass is 35.5. The number of carbonyl (C=O) groups is 3. The summed E-state index contributed by atoms with van der Waals surface area (Å²) in [5, 5.41) is 3.75. The summed E-state index contributed by atoms with van der Waals surface area (Å²) in [6.07, 6.45) is 0. The minimum atomic E-state index is -1.09. The number of piperazine rings is 1. The van der Waals surface area contributed by atoms with Crippen LogP contribution < -0.4 is 11.1 Å². The van der Waals surface area contributed by atoms with Crippen LogP contribution in [-0.4, -0.2) is 53.6 Å². The molecule has 0 saturated carbocycles. The molecule has 1 heterocycles. The maximum absolute atomic E-state index is 15.4. The molecule has 0 aliphatic carbocycles. The average molecular weight is 570 g/mol. The summed E-state index contributed by atoms with van der Waals surface area (Å²) < 4.78 is 15.4. The van der Waals surface area contributed by atoms with Crippen LogP contribution in [0, 0.1) is 5.82 Å². The molecule has 2 N–H and O–H groups in total. The molecule has 41 heavy (non-hydrogen) atoms. The Kier molecular flexibility index (Phi) is 8.42. The van der Waals surface area contributed by atoms with Gasteiger partial charge in [-0.1, -0.05) is 54.1 Å². The fourth-order valence-electron chi connectivity index (χ4n) is 4.82. The minimum Gasteiger partial charge on any atom is -0.355 e. The molecule has 1 radical (unpaired) electrons. The van der Waals surface area contributed by atoms with Crippen LogP contribution in [0.3, 0.4) is 0 Å². The third-order valence-corrected chi connectivity index (χ3v) is 7.31. The fourth-order valence-corrected chi connectivity index (χ4v) is 4.95. The highest BCUT2D eigenvalue weighted by Gasteiger charge is 2.25.